The van der Waals surface area contributed by atoms with Crippen LogP contribution >= 0.6 is 0 Å². The molecule has 7 heteroatoms. The van der Waals surface area contributed by atoms with E-state index in [9.17, 15) is 4.79 Å². The van der Waals surface area contributed by atoms with E-state index in [1.54, 1.807) is 0 Å². The van der Waals surface area contributed by atoms with E-state index in [0.717, 1.165) is 61.3 Å². The molecule has 0 aliphatic carbocycles. The van der Waals surface area contributed by atoms with Crippen LogP contribution in [0.25, 0.3) is 0 Å². The van der Waals surface area contributed by atoms with Crippen LogP contribution in [0.15, 0.2) is 36.4 Å². The van der Waals surface area contributed by atoms with Gasteiger partial charge in [-0.2, -0.15) is 0 Å². The molecule has 7 nitrogen and oxygen atoms in total. The minimum atomic E-state index is 0.157. The third-order valence-corrected chi connectivity index (χ3v) is 5.53. The van der Waals surface area contributed by atoms with Gasteiger partial charge < -0.3 is 23.8 Å². The van der Waals surface area contributed by atoms with Crippen LogP contribution in [0.2, 0.25) is 0 Å². The number of fused-ring (bicyclic) bond motifs is 2. The molecule has 0 spiro atoms. The number of ether oxygens (including phenoxy) is 4. The summed E-state index contributed by atoms with van der Waals surface area (Å²) < 4.78 is 22.0. The maximum atomic E-state index is 12.7. The highest BCUT2D eigenvalue weighted by atomic mass is 16.7. The average Bonchev–Trinajstić information content (AvgIpc) is 3.22. The molecule has 1 saturated heterocycles. The molecule has 0 saturated carbocycles. The predicted octanol–water partition coefficient (Wildman–Crippen LogP) is 2.07. The minimum Gasteiger partial charge on any atom is -0.486 e. The second-order valence-electron chi connectivity index (χ2n) is 7.50. The zero-order chi connectivity index (χ0) is 19.6. The summed E-state index contributed by atoms with van der Waals surface area (Å²) in [6.45, 7) is 5.48. The Bertz CT molecular complexity index is 908. The summed E-state index contributed by atoms with van der Waals surface area (Å²) in [5.74, 6) is 3.27. The van der Waals surface area contributed by atoms with Crippen LogP contribution in [-0.4, -0.2) is 61.9 Å². The van der Waals surface area contributed by atoms with Crippen molar-refractivity contribution in [3.63, 3.8) is 0 Å². The van der Waals surface area contributed by atoms with Gasteiger partial charge in [-0.25, -0.2) is 0 Å². The molecule has 152 valence electrons. The number of amides is 1. The quantitative estimate of drug-likeness (QED) is 0.789. The first-order valence-corrected chi connectivity index (χ1v) is 10.0. The fraction of sp³-hybridized carbons (Fsp3) is 0.409. The molecule has 29 heavy (non-hydrogen) atoms. The number of carbonyl (C=O) groups is 1. The van der Waals surface area contributed by atoms with Crippen LogP contribution in [-0.2, 0) is 17.8 Å². The van der Waals surface area contributed by atoms with E-state index in [0.29, 0.717) is 26.4 Å². The number of carbonyl (C=O) groups excluding carboxylic acids is 1. The lowest BCUT2D eigenvalue weighted by atomic mass is 10.1. The number of hydrogen-bond donors (Lipinski definition) is 0. The van der Waals surface area contributed by atoms with E-state index in [1.165, 1.54) is 5.56 Å². The van der Waals surface area contributed by atoms with Crippen molar-refractivity contribution >= 4 is 5.91 Å². The third kappa shape index (κ3) is 3.96. The molecule has 0 radical (unpaired) electrons. The minimum absolute atomic E-state index is 0.157. The van der Waals surface area contributed by atoms with Crippen LogP contribution in [0.4, 0.5) is 0 Å². The highest BCUT2D eigenvalue weighted by Crippen LogP contribution is 2.33. The average molecular weight is 396 g/mol. The second kappa shape index (κ2) is 7.83. The van der Waals surface area contributed by atoms with Crippen LogP contribution in [0.5, 0.6) is 23.0 Å². The highest BCUT2D eigenvalue weighted by Gasteiger charge is 2.23. The summed E-state index contributed by atoms with van der Waals surface area (Å²) in [6.07, 6.45) is 0.388. The normalized spacial score (nSPS) is 18.0. The molecule has 3 heterocycles. The van der Waals surface area contributed by atoms with Gasteiger partial charge in [0.1, 0.15) is 13.2 Å². The number of hydrogen-bond acceptors (Lipinski definition) is 6. The predicted molar refractivity (Wildman–Crippen MR) is 106 cm³/mol. The van der Waals surface area contributed by atoms with Gasteiger partial charge >= 0.3 is 0 Å². The summed E-state index contributed by atoms with van der Waals surface area (Å²) in [4.78, 5) is 17.1. The van der Waals surface area contributed by atoms with Crippen LogP contribution in [0.3, 0.4) is 0 Å². The van der Waals surface area contributed by atoms with Crippen LogP contribution in [0.1, 0.15) is 11.1 Å². The molecule has 5 rings (SSSR count). The molecule has 1 fully saturated rings. The number of benzene rings is 2. The first-order valence-electron chi connectivity index (χ1n) is 10.0. The van der Waals surface area contributed by atoms with E-state index >= 15 is 0 Å². The summed E-state index contributed by atoms with van der Waals surface area (Å²) in [7, 11) is 0. The SMILES string of the molecule is O=C(Cc1ccc2c(c1)OCCO2)N1CCN(Cc2ccc3c(c2)OCO3)CC1. The van der Waals surface area contributed by atoms with Crippen molar-refractivity contribution in [3.05, 3.63) is 47.5 Å². The maximum absolute atomic E-state index is 12.7. The van der Waals surface area contributed by atoms with Gasteiger partial charge in [0.15, 0.2) is 23.0 Å². The van der Waals surface area contributed by atoms with Gasteiger partial charge in [0.2, 0.25) is 12.7 Å². The lowest BCUT2D eigenvalue weighted by Crippen LogP contribution is -2.48. The van der Waals surface area contributed by atoms with Gasteiger partial charge in [-0.3, -0.25) is 9.69 Å². The fourth-order valence-corrected chi connectivity index (χ4v) is 3.94. The Morgan fingerprint density at radius 1 is 0.759 bits per heavy atom. The van der Waals surface area contributed by atoms with E-state index < -0.39 is 0 Å². The van der Waals surface area contributed by atoms with Gasteiger partial charge in [-0.1, -0.05) is 12.1 Å². The molecular weight excluding hydrogens is 372 g/mol. The van der Waals surface area contributed by atoms with Crippen molar-refractivity contribution in [3.8, 4) is 23.0 Å². The molecule has 2 aromatic carbocycles. The van der Waals surface area contributed by atoms with E-state index in [1.807, 2.05) is 35.2 Å². The Hall–Kier alpha value is -2.93. The Kier molecular flexibility index (Phi) is 4.89. The van der Waals surface area contributed by atoms with Crippen molar-refractivity contribution in [1.82, 2.24) is 9.80 Å². The van der Waals surface area contributed by atoms with Crippen LogP contribution in [0, 0.1) is 0 Å². The summed E-state index contributed by atoms with van der Waals surface area (Å²) in [5.41, 5.74) is 2.16. The fourth-order valence-electron chi connectivity index (χ4n) is 3.94. The number of nitrogens with zero attached hydrogens (tertiary/aromatic N) is 2. The first-order chi connectivity index (χ1) is 14.2. The molecule has 3 aliphatic rings. The van der Waals surface area contributed by atoms with Crippen LogP contribution < -0.4 is 18.9 Å². The summed E-state index contributed by atoms with van der Waals surface area (Å²) in [6, 6.07) is 11.8. The summed E-state index contributed by atoms with van der Waals surface area (Å²) >= 11 is 0. The molecule has 0 bridgehead atoms. The van der Waals surface area contributed by atoms with E-state index in [-0.39, 0.29) is 5.91 Å². The monoisotopic (exact) mass is 396 g/mol. The number of piperazine rings is 1. The molecule has 1 amide bonds. The molecule has 0 N–H and O–H groups in total. The highest BCUT2D eigenvalue weighted by molar-refractivity contribution is 5.79. The van der Waals surface area contributed by atoms with Gasteiger partial charge in [-0.15, -0.1) is 0 Å². The van der Waals surface area contributed by atoms with Crippen molar-refractivity contribution in [2.24, 2.45) is 0 Å². The molecule has 3 aliphatic heterocycles. The molecule has 0 atom stereocenters. The van der Waals surface area contributed by atoms with Gasteiger partial charge in [-0.05, 0) is 35.4 Å². The first kappa shape index (κ1) is 18.1. The summed E-state index contributed by atoms with van der Waals surface area (Å²) in [5, 5.41) is 0. The van der Waals surface area contributed by atoms with Crippen molar-refractivity contribution in [2.75, 3.05) is 46.2 Å². The largest absolute Gasteiger partial charge is 0.486 e. The number of rotatable bonds is 4. The lowest BCUT2D eigenvalue weighted by Gasteiger charge is -2.35. The van der Waals surface area contributed by atoms with Crippen molar-refractivity contribution in [2.45, 2.75) is 13.0 Å². The maximum Gasteiger partial charge on any atom is 0.231 e. The topological polar surface area (TPSA) is 60.5 Å². The second-order valence-corrected chi connectivity index (χ2v) is 7.50. The third-order valence-electron chi connectivity index (χ3n) is 5.53. The van der Waals surface area contributed by atoms with E-state index in [2.05, 4.69) is 11.0 Å². The standard InChI is InChI=1S/C22H24N2O5/c25-22(13-16-1-3-18-20(11-16)27-10-9-26-18)24-7-5-23(6-8-24)14-17-2-4-19-21(12-17)29-15-28-19/h1-4,11-12H,5-10,13-15H2. The van der Waals surface area contributed by atoms with Crippen molar-refractivity contribution < 1.29 is 23.7 Å². The molecule has 0 aromatic heterocycles. The van der Waals surface area contributed by atoms with Crippen molar-refractivity contribution in [1.29, 1.82) is 0 Å². The molecule has 2 aromatic rings. The zero-order valence-corrected chi connectivity index (χ0v) is 16.3. The Labute approximate surface area is 169 Å². The zero-order valence-electron chi connectivity index (χ0n) is 16.3. The van der Waals surface area contributed by atoms with Gasteiger partial charge in [0.25, 0.3) is 0 Å². The Morgan fingerprint density at radius 2 is 1.38 bits per heavy atom. The molecule has 0 unspecified atom stereocenters. The van der Waals surface area contributed by atoms with Gasteiger partial charge in [0.05, 0.1) is 6.42 Å². The molecular formula is C22H24N2O5. The lowest BCUT2D eigenvalue weighted by molar-refractivity contribution is -0.132. The Balaban J connectivity index is 1.14. The van der Waals surface area contributed by atoms with Gasteiger partial charge in [0, 0.05) is 32.7 Å². The van der Waals surface area contributed by atoms with E-state index in [4.69, 9.17) is 18.9 Å². The Morgan fingerprint density at radius 3 is 2.21 bits per heavy atom. The smallest absolute Gasteiger partial charge is 0.231 e.